The molecular formula is C19H22FN4O6PS. The number of nitrogen functional groups attached to an aromatic ring is 1. The zero-order valence-electron chi connectivity index (χ0n) is 17.3. The summed E-state index contributed by atoms with van der Waals surface area (Å²) in [4.78, 5) is 52.0. The molecule has 0 radical (unpaired) electrons. The minimum Gasteiger partial charge on any atom is -0.383 e. The zero-order chi connectivity index (χ0) is 23.9. The number of aryl methyl sites for hydroxylation is 1. The average molecular weight is 484 g/mol. The maximum Gasteiger partial charge on any atom is 0.469 e. The molecule has 0 saturated heterocycles. The number of allylic oxidation sites excluding steroid dienone is 1. The highest BCUT2D eigenvalue weighted by molar-refractivity contribution is 8.17. The summed E-state index contributed by atoms with van der Waals surface area (Å²) in [5, 5.41) is -0.445. The molecule has 0 aliphatic heterocycles. The van der Waals surface area contributed by atoms with E-state index >= 15 is 0 Å². The number of benzene rings is 1. The number of carbonyl (C=O) groups is 2. The molecule has 0 unspecified atom stereocenters. The lowest BCUT2D eigenvalue weighted by atomic mass is 10.2. The predicted octanol–water partition coefficient (Wildman–Crippen LogP) is 2.77. The number of amides is 1. The van der Waals surface area contributed by atoms with Gasteiger partial charge in [-0.15, -0.1) is 0 Å². The van der Waals surface area contributed by atoms with Gasteiger partial charge >= 0.3 is 7.82 Å². The number of carbonyl (C=O) groups excluding carboxylic acids is 2. The molecule has 1 aromatic carbocycles. The summed E-state index contributed by atoms with van der Waals surface area (Å²) < 4.78 is 28.6. The Balaban J connectivity index is 2.31. The van der Waals surface area contributed by atoms with E-state index < -0.39 is 25.4 Å². The number of hydrogen-bond acceptors (Lipinski definition) is 8. The van der Waals surface area contributed by atoms with E-state index in [-0.39, 0.29) is 24.3 Å². The lowest BCUT2D eigenvalue weighted by Gasteiger charge is -2.22. The fourth-order valence-corrected chi connectivity index (χ4v) is 3.79. The van der Waals surface area contributed by atoms with Crippen molar-refractivity contribution in [2.45, 2.75) is 26.8 Å². The van der Waals surface area contributed by atoms with E-state index in [1.165, 1.54) is 23.2 Å². The van der Waals surface area contributed by atoms with Crippen LogP contribution in [0.25, 0.3) is 0 Å². The molecule has 0 spiro atoms. The Morgan fingerprint density at radius 1 is 1.34 bits per heavy atom. The molecule has 0 fully saturated rings. The first kappa shape index (κ1) is 25.6. The maximum absolute atomic E-state index is 13.2. The fraction of sp³-hybridized carbons (Fsp3) is 0.263. The van der Waals surface area contributed by atoms with E-state index in [0.29, 0.717) is 28.4 Å². The van der Waals surface area contributed by atoms with Crippen molar-refractivity contribution in [2.24, 2.45) is 0 Å². The van der Waals surface area contributed by atoms with Gasteiger partial charge in [0.05, 0.1) is 13.2 Å². The van der Waals surface area contributed by atoms with Gasteiger partial charge in [-0.1, -0.05) is 0 Å². The zero-order valence-corrected chi connectivity index (χ0v) is 19.0. The van der Waals surface area contributed by atoms with Crippen molar-refractivity contribution < 1.29 is 32.9 Å². The van der Waals surface area contributed by atoms with Gasteiger partial charge in [-0.2, -0.15) is 0 Å². The van der Waals surface area contributed by atoms with Crippen molar-refractivity contribution in [2.75, 3.05) is 12.3 Å². The highest BCUT2D eigenvalue weighted by atomic mass is 32.2. The van der Waals surface area contributed by atoms with Gasteiger partial charge in [0.1, 0.15) is 17.5 Å². The number of anilines is 1. The molecule has 172 valence electrons. The molecule has 2 aromatic rings. The number of thioether (sulfide) groups is 1. The molecule has 2 rings (SSSR count). The maximum atomic E-state index is 13.2. The normalized spacial score (nSPS) is 12.3. The second kappa shape index (κ2) is 11.3. The Morgan fingerprint density at radius 3 is 2.56 bits per heavy atom. The SMILES string of the molecule is CC(=C(CCOP(=O)(O)O)SC(=O)c1ccc(F)cc1)N(C=O)Cc1cnc(C)nc1N. The molecule has 13 heteroatoms. The standard InChI is InChI=1S/C19H22FN4O6PS/c1-12(24(11-25)10-15-9-22-13(2)23-18(15)21)17(7-8-30-31(27,28)29)32-19(26)14-3-5-16(20)6-4-14/h3-6,9,11H,7-8,10H2,1-2H3,(H2,21,22,23)(H2,27,28,29). The Hall–Kier alpha value is -2.63. The Labute approximate surface area is 187 Å². The van der Waals surface area contributed by atoms with Crippen LogP contribution in [0.4, 0.5) is 10.2 Å². The van der Waals surface area contributed by atoms with Crippen LogP contribution < -0.4 is 5.73 Å². The van der Waals surface area contributed by atoms with Crippen molar-refractivity contribution in [3.63, 3.8) is 0 Å². The first-order valence-electron chi connectivity index (χ1n) is 9.17. The van der Waals surface area contributed by atoms with Crippen LogP contribution in [-0.2, 0) is 20.4 Å². The van der Waals surface area contributed by atoms with E-state index in [1.54, 1.807) is 13.8 Å². The van der Waals surface area contributed by atoms with Gasteiger partial charge in [-0.05, 0) is 49.9 Å². The lowest BCUT2D eigenvalue weighted by Crippen LogP contribution is -2.22. The van der Waals surface area contributed by atoms with Crippen LogP contribution in [0.1, 0.15) is 35.1 Å². The number of nitrogens with two attached hydrogens (primary N) is 1. The minimum absolute atomic E-state index is 0.00952. The molecule has 10 nitrogen and oxygen atoms in total. The molecule has 0 atom stereocenters. The quantitative estimate of drug-likeness (QED) is 0.338. The molecule has 0 bridgehead atoms. The molecular weight excluding hydrogens is 462 g/mol. The number of halogens is 1. The van der Waals surface area contributed by atoms with Crippen molar-refractivity contribution in [1.29, 1.82) is 0 Å². The third kappa shape index (κ3) is 7.81. The number of phosphoric ester groups is 1. The van der Waals surface area contributed by atoms with Crippen LogP contribution in [-0.4, -0.2) is 42.8 Å². The highest BCUT2D eigenvalue weighted by Crippen LogP contribution is 2.37. The summed E-state index contributed by atoms with van der Waals surface area (Å²) in [6.45, 7) is 2.84. The topological polar surface area (TPSA) is 156 Å². The Morgan fingerprint density at radius 2 is 2.00 bits per heavy atom. The monoisotopic (exact) mass is 484 g/mol. The van der Waals surface area contributed by atoms with Crippen molar-refractivity contribution in [1.82, 2.24) is 14.9 Å². The average Bonchev–Trinajstić information content (AvgIpc) is 2.71. The van der Waals surface area contributed by atoms with Gasteiger partial charge in [0.2, 0.25) is 11.5 Å². The number of aromatic nitrogens is 2. The Kier molecular flexibility index (Phi) is 9.05. The van der Waals surface area contributed by atoms with Gasteiger partial charge in [0.15, 0.2) is 0 Å². The van der Waals surface area contributed by atoms with E-state index in [9.17, 15) is 18.5 Å². The van der Waals surface area contributed by atoms with Crippen LogP contribution in [0.3, 0.4) is 0 Å². The molecule has 0 saturated carbocycles. The molecule has 1 amide bonds. The third-order valence-electron chi connectivity index (χ3n) is 4.21. The number of rotatable bonds is 10. The first-order valence-corrected chi connectivity index (χ1v) is 11.5. The van der Waals surface area contributed by atoms with E-state index in [2.05, 4.69) is 14.5 Å². The largest absolute Gasteiger partial charge is 0.469 e. The number of hydrogen-bond donors (Lipinski definition) is 3. The highest BCUT2D eigenvalue weighted by Gasteiger charge is 2.20. The van der Waals surface area contributed by atoms with Gasteiger partial charge in [0, 0.05) is 34.3 Å². The van der Waals surface area contributed by atoms with Crippen molar-refractivity contribution >= 4 is 36.9 Å². The lowest BCUT2D eigenvalue weighted by molar-refractivity contribution is -0.116. The van der Waals surface area contributed by atoms with Gasteiger partial charge in [-0.3, -0.25) is 14.1 Å². The van der Waals surface area contributed by atoms with E-state index in [1.807, 2.05) is 0 Å². The fourth-order valence-electron chi connectivity index (χ4n) is 2.53. The third-order valence-corrected chi connectivity index (χ3v) is 5.89. The minimum atomic E-state index is -4.72. The van der Waals surface area contributed by atoms with E-state index in [4.69, 9.17) is 15.5 Å². The molecule has 4 N–H and O–H groups in total. The molecule has 0 aliphatic carbocycles. The predicted molar refractivity (Wildman–Crippen MR) is 116 cm³/mol. The van der Waals surface area contributed by atoms with Crippen LogP contribution in [0.15, 0.2) is 41.1 Å². The number of phosphoric acid groups is 1. The molecule has 32 heavy (non-hydrogen) atoms. The molecule has 0 aliphatic rings. The number of nitrogens with zero attached hydrogens (tertiary/aromatic N) is 3. The first-order chi connectivity index (χ1) is 15.0. The smallest absolute Gasteiger partial charge is 0.383 e. The summed E-state index contributed by atoms with van der Waals surface area (Å²) >= 11 is 0.746. The van der Waals surface area contributed by atoms with Gasteiger partial charge in [-0.25, -0.2) is 18.9 Å². The second-order valence-corrected chi connectivity index (χ2v) is 8.85. The molecule has 1 heterocycles. The van der Waals surface area contributed by atoms with Crippen LogP contribution in [0.2, 0.25) is 0 Å². The Bertz CT molecular complexity index is 1060. The van der Waals surface area contributed by atoms with Crippen LogP contribution >= 0.6 is 19.6 Å². The van der Waals surface area contributed by atoms with E-state index in [0.717, 1.165) is 23.9 Å². The second-order valence-electron chi connectivity index (χ2n) is 6.54. The van der Waals surface area contributed by atoms with Crippen LogP contribution in [0, 0.1) is 12.7 Å². The summed E-state index contributed by atoms with van der Waals surface area (Å²) in [6, 6.07) is 4.90. The molecule has 1 aromatic heterocycles. The van der Waals surface area contributed by atoms with Crippen LogP contribution in [0.5, 0.6) is 0 Å². The summed E-state index contributed by atoms with van der Waals surface area (Å²) in [7, 11) is -4.72. The van der Waals surface area contributed by atoms with Gasteiger partial charge in [0.25, 0.3) is 0 Å². The summed E-state index contributed by atoms with van der Waals surface area (Å²) in [5.41, 5.74) is 6.92. The van der Waals surface area contributed by atoms with Crippen molar-refractivity contribution in [3.8, 4) is 0 Å². The summed E-state index contributed by atoms with van der Waals surface area (Å²) in [6.07, 6.45) is 1.94. The van der Waals surface area contributed by atoms with Crippen molar-refractivity contribution in [3.05, 3.63) is 63.8 Å². The van der Waals surface area contributed by atoms with Gasteiger partial charge < -0.3 is 20.4 Å². The summed E-state index contributed by atoms with van der Waals surface area (Å²) in [5.74, 6) is 0.157.